The van der Waals surface area contributed by atoms with Gasteiger partial charge in [-0.15, -0.1) is 10.2 Å². The Labute approximate surface area is 103 Å². The summed E-state index contributed by atoms with van der Waals surface area (Å²) in [5.41, 5.74) is 0.298. The largest absolute Gasteiger partial charge is 0.420 e. The van der Waals surface area contributed by atoms with E-state index in [1.807, 2.05) is 7.05 Å². The minimum Gasteiger partial charge on any atom is -0.420 e. The van der Waals surface area contributed by atoms with Crippen LogP contribution < -0.4 is 5.32 Å². The number of nitrogens with zero attached hydrogens (tertiary/aromatic N) is 3. The molecule has 0 aliphatic carbocycles. The van der Waals surface area contributed by atoms with Crippen molar-refractivity contribution in [2.24, 2.45) is 0 Å². The molecule has 0 aliphatic heterocycles. The number of aromatic nitrogens is 2. The Kier molecular flexibility index (Phi) is 3.63. The minimum absolute atomic E-state index is 0.0404. The topological polar surface area (TPSA) is 94.1 Å². The van der Waals surface area contributed by atoms with E-state index in [0.717, 1.165) is 0 Å². The number of benzene rings is 1. The van der Waals surface area contributed by atoms with E-state index in [1.165, 1.54) is 6.07 Å². The summed E-state index contributed by atoms with van der Waals surface area (Å²) in [6.07, 6.45) is 0.587. The zero-order valence-electron chi connectivity index (χ0n) is 9.79. The first kappa shape index (κ1) is 12.2. The van der Waals surface area contributed by atoms with E-state index in [0.29, 0.717) is 24.4 Å². The molecule has 1 heterocycles. The first-order valence-corrected chi connectivity index (χ1v) is 5.43. The van der Waals surface area contributed by atoms with E-state index in [1.54, 1.807) is 18.2 Å². The second-order valence-electron chi connectivity index (χ2n) is 3.63. The molecule has 94 valence electrons. The molecular weight excluding hydrogens is 236 g/mol. The summed E-state index contributed by atoms with van der Waals surface area (Å²) in [6.45, 7) is 0.707. The minimum atomic E-state index is -0.465. The number of para-hydroxylation sites is 1. The Morgan fingerprint density at radius 1 is 1.39 bits per heavy atom. The molecule has 0 spiro atoms. The van der Waals surface area contributed by atoms with Crippen LogP contribution in [0.25, 0.3) is 11.5 Å². The number of nitrogens with one attached hydrogen (secondary N) is 1. The van der Waals surface area contributed by atoms with Crippen molar-refractivity contribution in [2.45, 2.75) is 6.42 Å². The van der Waals surface area contributed by atoms with Crippen molar-refractivity contribution in [3.8, 4) is 11.5 Å². The fourth-order valence-corrected chi connectivity index (χ4v) is 1.51. The van der Waals surface area contributed by atoms with Crippen molar-refractivity contribution in [3.63, 3.8) is 0 Å². The fraction of sp³-hybridized carbons (Fsp3) is 0.273. The molecule has 2 aromatic rings. The van der Waals surface area contributed by atoms with Crippen LogP contribution in [0.3, 0.4) is 0 Å². The summed E-state index contributed by atoms with van der Waals surface area (Å²) in [6, 6.07) is 6.29. The van der Waals surface area contributed by atoms with Gasteiger partial charge in [-0.25, -0.2) is 0 Å². The second kappa shape index (κ2) is 5.37. The van der Waals surface area contributed by atoms with Crippen LogP contribution in [-0.2, 0) is 6.42 Å². The van der Waals surface area contributed by atoms with Gasteiger partial charge in [0.1, 0.15) is 5.56 Å². The number of hydrogen-bond donors (Lipinski definition) is 1. The molecule has 0 saturated heterocycles. The molecule has 0 bridgehead atoms. The van der Waals surface area contributed by atoms with Gasteiger partial charge in [0.05, 0.1) is 4.92 Å². The van der Waals surface area contributed by atoms with E-state index in [4.69, 9.17) is 4.42 Å². The van der Waals surface area contributed by atoms with Crippen LogP contribution in [-0.4, -0.2) is 28.7 Å². The molecule has 7 heteroatoms. The van der Waals surface area contributed by atoms with E-state index in [9.17, 15) is 10.1 Å². The van der Waals surface area contributed by atoms with Crippen molar-refractivity contribution in [1.82, 2.24) is 15.5 Å². The van der Waals surface area contributed by atoms with Gasteiger partial charge >= 0.3 is 0 Å². The normalized spacial score (nSPS) is 10.5. The van der Waals surface area contributed by atoms with Crippen LogP contribution in [0.5, 0.6) is 0 Å². The van der Waals surface area contributed by atoms with Gasteiger partial charge < -0.3 is 9.73 Å². The Bertz CT molecular complexity index is 553. The Morgan fingerprint density at radius 2 is 2.17 bits per heavy atom. The Morgan fingerprint density at radius 3 is 2.89 bits per heavy atom. The maximum absolute atomic E-state index is 10.9. The number of nitro groups is 1. The van der Waals surface area contributed by atoms with Gasteiger partial charge in [-0.2, -0.15) is 0 Å². The molecule has 2 rings (SSSR count). The molecule has 1 aromatic carbocycles. The summed E-state index contributed by atoms with van der Waals surface area (Å²) >= 11 is 0. The van der Waals surface area contributed by atoms with Crippen LogP contribution in [0.15, 0.2) is 28.7 Å². The monoisotopic (exact) mass is 248 g/mol. The van der Waals surface area contributed by atoms with Gasteiger partial charge in [-0.05, 0) is 13.1 Å². The van der Waals surface area contributed by atoms with Gasteiger partial charge in [-0.3, -0.25) is 10.1 Å². The Balaban J connectivity index is 2.31. The highest BCUT2D eigenvalue weighted by molar-refractivity contribution is 5.66. The zero-order valence-corrected chi connectivity index (χ0v) is 9.79. The van der Waals surface area contributed by atoms with Crippen molar-refractivity contribution in [3.05, 3.63) is 40.3 Å². The lowest BCUT2D eigenvalue weighted by atomic mass is 10.2. The molecule has 0 aliphatic rings. The Hall–Kier alpha value is -2.28. The summed E-state index contributed by atoms with van der Waals surface area (Å²) in [4.78, 5) is 10.4. The van der Waals surface area contributed by atoms with Crippen LogP contribution >= 0.6 is 0 Å². The highest BCUT2D eigenvalue weighted by Crippen LogP contribution is 2.28. The first-order valence-electron chi connectivity index (χ1n) is 5.43. The molecule has 0 radical (unpaired) electrons. The van der Waals surface area contributed by atoms with Gasteiger partial charge in [0.15, 0.2) is 0 Å². The van der Waals surface area contributed by atoms with Gasteiger partial charge in [0.2, 0.25) is 5.89 Å². The molecule has 0 unspecified atom stereocenters. The smallest absolute Gasteiger partial charge is 0.282 e. The maximum Gasteiger partial charge on any atom is 0.282 e. The van der Waals surface area contributed by atoms with Crippen molar-refractivity contribution in [2.75, 3.05) is 13.6 Å². The standard InChI is InChI=1S/C11H12N4O3/c1-12-7-6-10-13-14-11(18-10)8-4-2-3-5-9(8)15(16)17/h2-5,12H,6-7H2,1H3. The summed E-state index contributed by atoms with van der Waals surface area (Å²) < 4.78 is 5.40. The van der Waals surface area contributed by atoms with Crippen molar-refractivity contribution in [1.29, 1.82) is 0 Å². The lowest BCUT2D eigenvalue weighted by Gasteiger charge is -1.97. The summed E-state index contributed by atoms with van der Waals surface area (Å²) in [5.74, 6) is 0.630. The predicted molar refractivity (Wildman–Crippen MR) is 64.0 cm³/mol. The number of nitro benzene ring substituents is 1. The van der Waals surface area contributed by atoms with E-state index >= 15 is 0 Å². The molecule has 0 fully saturated rings. The average Bonchev–Trinajstić information content (AvgIpc) is 2.85. The predicted octanol–water partition coefficient (Wildman–Crippen LogP) is 1.41. The van der Waals surface area contributed by atoms with Crippen molar-refractivity contribution < 1.29 is 9.34 Å². The van der Waals surface area contributed by atoms with E-state index in [2.05, 4.69) is 15.5 Å². The first-order chi connectivity index (χ1) is 8.72. The summed E-state index contributed by atoms with van der Waals surface area (Å²) in [5, 5.41) is 21.5. The highest BCUT2D eigenvalue weighted by atomic mass is 16.6. The quantitative estimate of drug-likeness (QED) is 0.635. The molecule has 1 N–H and O–H groups in total. The third-order valence-electron chi connectivity index (χ3n) is 2.39. The van der Waals surface area contributed by atoms with Crippen molar-refractivity contribution >= 4 is 5.69 Å². The highest BCUT2D eigenvalue weighted by Gasteiger charge is 2.19. The molecule has 1 aromatic heterocycles. The van der Waals surface area contributed by atoms with Crippen LogP contribution in [0.4, 0.5) is 5.69 Å². The second-order valence-corrected chi connectivity index (χ2v) is 3.63. The zero-order chi connectivity index (χ0) is 13.0. The third-order valence-corrected chi connectivity index (χ3v) is 2.39. The van der Waals surface area contributed by atoms with Gasteiger partial charge in [0, 0.05) is 19.0 Å². The third kappa shape index (κ3) is 2.51. The molecular formula is C11H12N4O3. The van der Waals surface area contributed by atoms with Gasteiger partial charge in [0.25, 0.3) is 11.6 Å². The van der Waals surface area contributed by atoms with Crippen LogP contribution in [0.1, 0.15) is 5.89 Å². The fourth-order valence-electron chi connectivity index (χ4n) is 1.51. The lowest BCUT2D eigenvalue weighted by Crippen LogP contribution is -2.10. The number of likely N-dealkylation sites (N-methyl/N-ethyl adjacent to an activating group) is 1. The molecule has 0 saturated carbocycles. The van der Waals surface area contributed by atoms with Gasteiger partial charge in [-0.1, -0.05) is 12.1 Å². The molecule has 18 heavy (non-hydrogen) atoms. The number of hydrogen-bond acceptors (Lipinski definition) is 6. The molecule has 7 nitrogen and oxygen atoms in total. The average molecular weight is 248 g/mol. The summed E-state index contributed by atoms with van der Waals surface area (Å²) in [7, 11) is 1.82. The lowest BCUT2D eigenvalue weighted by molar-refractivity contribution is -0.384. The van der Waals surface area contributed by atoms with Crippen LogP contribution in [0, 0.1) is 10.1 Å². The van der Waals surface area contributed by atoms with Crippen LogP contribution in [0.2, 0.25) is 0 Å². The maximum atomic E-state index is 10.9. The van der Waals surface area contributed by atoms with E-state index in [-0.39, 0.29) is 11.6 Å². The van der Waals surface area contributed by atoms with E-state index < -0.39 is 4.92 Å². The molecule has 0 atom stereocenters. The number of rotatable bonds is 5. The SMILES string of the molecule is CNCCc1nnc(-c2ccccc2[N+](=O)[O-])o1. The molecule has 0 amide bonds.